The first-order valence-electron chi connectivity index (χ1n) is 4.31. The van der Waals surface area contributed by atoms with Crippen molar-refractivity contribution in [2.45, 2.75) is 6.92 Å². The second-order valence-electron chi connectivity index (χ2n) is 3.25. The molecule has 14 heavy (non-hydrogen) atoms. The van der Waals surface area contributed by atoms with Crippen molar-refractivity contribution < 1.29 is 9.59 Å². The number of benzene rings is 1. The second-order valence-corrected chi connectivity index (χ2v) is 3.25. The van der Waals surface area contributed by atoms with E-state index >= 15 is 0 Å². The molecule has 0 unspecified atom stereocenters. The van der Waals surface area contributed by atoms with Crippen molar-refractivity contribution in [2.75, 3.05) is 0 Å². The highest BCUT2D eigenvalue weighted by Crippen LogP contribution is 2.18. The molecule has 1 aliphatic rings. The molecular weight excluding hydrogens is 178 g/mol. The van der Waals surface area contributed by atoms with E-state index in [2.05, 4.69) is 5.32 Å². The second kappa shape index (κ2) is 3.10. The van der Waals surface area contributed by atoms with E-state index in [0.29, 0.717) is 5.57 Å². The Kier molecular flexibility index (Phi) is 1.93. The average molecular weight is 187 g/mol. The Hall–Kier alpha value is -1.90. The summed E-state index contributed by atoms with van der Waals surface area (Å²) < 4.78 is 0. The lowest BCUT2D eigenvalue weighted by atomic mass is 10.0. The molecule has 0 aromatic heterocycles. The third kappa shape index (κ3) is 1.44. The van der Waals surface area contributed by atoms with E-state index in [1.165, 1.54) is 6.08 Å². The van der Waals surface area contributed by atoms with Gasteiger partial charge < -0.3 is 0 Å². The quantitative estimate of drug-likeness (QED) is 0.667. The van der Waals surface area contributed by atoms with Gasteiger partial charge in [-0.1, -0.05) is 29.8 Å². The molecule has 70 valence electrons. The lowest BCUT2D eigenvalue weighted by molar-refractivity contribution is -0.123. The smallest absolute Gasteiger partial charge is 0.258 e. The standard InChI is InChI=1S/C11H9NO2/c1-7-3-2-4-8(5-7)9-6-10(13)12-11(9)14/h2-6H,1H3,(H,12,13,14). The highest BCUT2D eigenvalue weighted by Gasteiger charge is 2.21. The molecule has 0 radical (unpaired) electrons. The van der Waals surface area contributed by atoms with Gasteiger partial charge in [-0.15, -0.1) is 0 Å². The lowest BCUT2D eigenvalue weighted by Crippen LogP contribution is -2.21. The van der Waals surface area contributed by atoms with Crippen LogP contribution < -0.4 is 5.32 Å². The van der Waals surface area contributed by atoms with Crippen LogP contribution in [0.25, 0.3) is 5.57 Å². The van der Waals surface area contributed by atoms with Gasteiger partial charge in [0.25, 0.3) is 11.8 Å². The zero-order valence-electron chi connectivity index (χ0n) is 7.70. The van der Waals surface area contributed by atoms with Gasteiger partial charge in [0.2, 0.25) is 0 Å². The highest BCUT2D eigenvalue weighted by atomic mass is 16.2. The summed E-state index contributed by atoms with van der Waals surface area (Å²) in [4.78, 5) is 22.2. The summed E-state index contributed by atoms with van der Waals surface area (Å²) >= 11 is 0. The fourth-order valence-corrected chi connectivity index (χ4v) is 1.44. The summed E-state index contributed by atoms with van der Waals surface area (Å²) in [6, 6.07) is 7.50. The van der Waals surface area contributed by atoms with Crippen LogP contribution in [-0.2, 0) is 9.59 Å². The van der Waals surface area contributed by atoms with Crippen LogP contribution in [0.5, 0.6) is 0 Å². The van der Waals surface area contributed by atoms with Gasteiger partial charge >= 0.3 is 0 Å². The first kappa shape index (κ1) is 8.69. The molecule has 1 N–H and O–H groups in total. The van der Waals surface area contributed by atoms with Gasteiger partial charge in [0, 0.05) is 6.08 Å². The first-order chi connectivity index (χ1) is 6.66. The molecule has 2 rings (SSSR count). The van der Waals surface area contributed by atoms with Crippen LogP contribution in [-0.4, -0.2) is 11.8 Å². The van der Waals surface area contributed by atoms with E-state index < -0.39 is 0 Å². The van der Waals surface area contributed by atoms with Crippen molar-refractivity contribution in [3.8, 4) is 0 Å². The SMILES string of the molecule is Cc1cccc(C2=CC(=O)NC2=O)c1. The fourth-order valence-electron chi connectivity index (χ4n) is 1.44. The van der Waals surface area contributed by atoms with E-state index in [0.717, 1.165) is 11.1 Å². The maximum atomic E-state index is 11.3. The van der Waals surface area contributed by atoms with Crippen LogP contribution in [0.15, 0.2) is 30.3 Å². The van der Waals surface area contributed by atoms with Crippen molar-refractivity contribution >= 4 is 17.4 Å². The molecular formula is C11H9NO2. The molecule has 1 aromatic carbocycles. The van der Waals surface area contributed by atoms with E-state index in [1.807, 2.05) is 31.2 Å². The van der Waals surface area contributed by atoms with E-state index in [1.54, 1.807) is 0 Å². The Morgan fingerprint density at radius 1 is 1.21 bits per heavy atom. The average Bonchev–Trinajstić information content (AvgIpc) is 2.45. The number of carbonyl (C=O) groups is 2. The normalized spacial score (nSPS) is 15.4. The molecule has 0 spiro atoms. The maximum absolute atomic E-state index is 11.3. The van der Waals surface area contributed by atoms with Crippen LogP contribution in [0.1, 0.15) is 11.1 Å². The van der Waals surface area contributed by atoms with Gasteiger partial charge in [-0.3, -0.25) is 14.9 Å². The summed E-state index contributed by atoms with van der Waals surface area (Å²) in [7, 11) is 0. The van der Waals surface area contributed by atoms with Crippen molar-refractivity contribution in [3.05, 3.63) is 41.5 Å². The van der Waals surface area contributed by atoms with Crippen LogP contribution in [0.3, 0.4) is 0 Å². The minimum atomic E-state index is -0.341. The molecule has 2 amide bonds. The summed E-state index contributed by atoms with van der Waals surface area (Å²) in [6.07, 6.45) is 1.33. The van der Waals surface area contributed by atoms with Crippen molar-refractivity contribution in [3.63, 3.8) is 0 Å². The number of hydrogen-bond donors (Lipinski definition) is 1. The minimum Gasteiger partial charge on any atom is -0.289 e. The summed E-state index contributed by atoms with van der Waals surface area (Å²) in [5.41, 5.74) is 2.29. The molecule has 3 heteroatoms. The van der Waals surface area contributed by atoms with Gasteiger partial charge in [0.05, 0.1) is 5.57 Å². The molecule has 0 bridgehead atoms. The van der Waals surface area contributed by atoms with Gasteiger partial charge in [-0.2, -0.15) is 0 Å². The molecule has 0 saturated heterocycles. The number of carbonyl (C=O) groups excluding carboxylic acids is 2. The molecule has 0 fully saturated rings. The fraction of sp³-hybridized carbons (Fsp3) is 0.0909. The van der Waals surface area contributed by atoms with Crippen LogP contribution >= 0.6 is 0 Å². The van der Waals surface area contributed by atoms with Crippen molar-refractivity contribution in [1.82, 2.24) is 5.32 Å². The molecule has 1 heterocycles. The Bertz CT molecular complexity index is 446. The molecule has 0 saturated carbocycles. The third-order valence-electron chi connectivity index (χ3n) is 2.09. The van der Waals surface area contributed by atoms with Gasteiger partial charge in [-0.05, 0) is 12.5 Å². The highest BCUT2D eigenvalue weighted by molar-refractivity contribution is 6.33. The van der Waals surface area contributed by atoms with Crippen LogP contribution in [0.2, 0.25) is 0 Å². The molecule has 0 atom stereocenters. The molecule has 1 aromatic rings. The number of aryl methyl sites for hydroxylation is 1. The topological polar surface area (TPSA) is 46.2 Å². The molecule has 3 nitrogen and oxygen atoms in total. The van der Waals surface area contributed by atoms with E-state index in [-0.39, 0.29) is 11.8 Å². The van der Waals surface area contributed by atoms with E-state index in [4.69, 9.17) is 0 Å². The zero-order valence-corrected chi connectivity index (χ0v) is 7.70. The summed E-state index contributed by atoms with van der Waals surface area (Å²) in [5, 5.41) is 2.21. The predicted molar refractivity (Wildman–Crippen MR) is 52.3 cm³/mol. The van der Waals surface area contributed by atoms with Gasteiger partial charge in [0.1, 0.15) is 0 Å². The van der Waals surface area contributed by atoms with Crippen molar-refractivity contribution in [1.29, 1.82) is 0 Å². The third-order valence-corrected chi connectivity index (χ3v) is 2.09. The number of nitrogens with one attached hydrogen (secondary N) is 1. The Balaban J connectivity index is 2.45. The van der Waals surface area contributed by atoms with Gasteiger partial charge in [0.15, 0.2) is 0 Å². The number of hydrogen-bond acceptors (Lipinski definition) is 2. The monoisotopic (exact) mass is 187 g/mol. The minimum absolute atomic E-state index is 0.319. The Morgan fingerprint density at radius 2 is 2.00 bits per heavy atom. The predicted octanol–water partition coefficient (Wildman–Crippen LogP) is 1.03. The maximum Gasteiger partial charge on any atom is 0.258 e. The van der Waals surface area contributed by atoms with Crippen LogP contribution in [0.4, 0.5) is 0 Å². The Morgan fingerprint density at radius 3 is 2.57 bits per heavy atom. The van der Waals surface area contributed by atoms with Crippen LogP contribution in [0, 0.1) is 6.92 Å². The first-order valence-corrected chi connectivity index (χ1v) is 4.31. The largest absolute Gasteiger partial charge is 0.289 e. The zero-order chi connectivity index (χ0) is 10.1. The number of amides is 2. The summed E-state index contributed by atoms with van der Waals surface area (Å²) in [5.74, 6) is -0.660. The molecule has 0 aliphatic carbocycles. The Labute approximate surface area is 81.4 Å². The molecule has 1 aliphatic heterocycles. The van der Waals surface area contributed by atoms with E-state index in [9.17, 15) is 9.59 Å². The van der Waals surface area contributed by atoms with Gasteiger partial charge in [-0.25, -0.2) is 0 Å². The van der Waals surface area contributed by atoms with Crippen molar-refractivity contribution in [2.24, 2.45) is 0 Å². The number of imide groups is 1. The number of rotatable bonds is 1. The lowest BCUT2D eigenvalue weighted by Gasteiger charge is -2.00. The summed E-state index contributed by atoms with van der Waals surface area (Å²) in [6.45, 7) is 1.94.